The zero-order chi connectivity index (χ0) is 17.6. The van der Waals surface area contributed by atoms with Crippen molar-refractivity contribution in [1.29, 1.82) is 5.41 Å². The van der Waals surface area contributed by atoms with Crippen LogP contribution in [0.3, 0.4) is 0 Å². The number of benzene rings is 1. The Kier molecular flexibility index (Phi) is 3.37. The van der Waals surface area contributed by atoms with Crippen LogP contribution in [0.5, 0.6) is 0 Å². The molecule has 5 heteroatoms. The summed E-state index contributed by atoms with van der Waals surface area (Å²) in [6, 6.07) is 7.96. The number of nitrogens with one attached hydrogen (secondary N) is 1. The van der Waals surface area contributed by atoms with Gasteiger partial charge in [0.2, 0.25) is 10.9 Å². The second kappa shape index (κ2) is 5.16. The highest BCUT2D eigenvalue weighted by Gasteiger charge is 2.39. The average Bonchev–Trinajstić information content (AvgIpc) is 2.78. The van der Waals surface area contributed by atoms with Gasteiger partial charge in [-0.2, -0.15) is 0 Å². The molecule has 0 radical (unpaired) electrons. The summed E-state index contributed by atoms with van der Waals surface area (Å²) in [5, 5.41) is 7.15. The third-order valence-corrected chi connectivity index (χ3v) is 4.64. The number of para-hydroxylation sites is 1. The predicted octanol–water partition coefficient (Wildman–Crippen LogP) is 2.56. The average molecular weight is 317 g/mol. The normalized spacial score (nSPS) is 16.8. The number of anilines is 1. The molecule has 1 aliphatic heterocycles. The van der Waals surface area contributed by atoms with E-state index in [1.165, 1.54) is 0 Å². The molecule has 1 N–H and O–H groups in total. The topological polar surface area (TPSA) is 65.6 Å². The summed E-state index contributed by atoms with van der Waals surface area (Å²) in [7, 11) is 1.91. The predicted molar refractivity (Wildman–Crippen MR) is 94.9 cm³/mol. The van der Waals surface area contributed by atoms with Crippen molar-refractivity contribution in [3.05, 3.63) is 78.5 Å². The molecule has 2 aromatic carbocycles. The van der Waals surface area contributed by atoms with Gasteiger partial charge in [-0.25, -0.2) is 4.85 Å². The van der Waals surface area contributed by atoms with E-state index in [4.69, 9.17) is 12.0 Å². The van der Waals surface area contributed by atoms with Gasteiger partial charge in [0.15, 0.2) is 0 Å². The number of hydrogen-bond donors (Lipinski definition) is 1. The Labute approximate surface area is 139 Å². The van der Waals surface area contributed by atoms with Crippen LogP contribution in [0.15, 0.2) is 39.6 Å². The minimum atomic E-state index is -0.719. The van der Waals surface area contributed by atoms with Crippen molar-refractivity contribution in [1.82, 2.24) is 0 Å². The Morgan fingerprint density at radius 2 is 1.96 bits per heavy atom. The SMILES string of the molecule is [C-]#[N+]C(=C=N)c1c(C=C2N(C)c3ccccc3C2(C)C)c(=O)c1=O. The van der Waals surface area contributed by atoms with E-state index in [2.05, 4.69) is 18.7 Å². The van der Waals surface area contributed by atoms with Crippen LogP contribution < -0.4 is 15.8 Å². The maximum Gasteiger partial charge on any atom is 0.258 e. The highest BCUT2D eigenvalue weighted by Crippen LogP contribution is 2.47. The van der Waals surface area contributed by atoms with Crippen molar-refractivity contribution in [2.75, 3.05) is 11.9 Å². The molecule has 5 nitrogen and oxygen atoms in total. The van der Waals surface area contributed by atoms with E-state index in [9.17, 15) is 9.59 Å². The molecule has 0 amide bonds. The molecule has 3 rings (SSSR count). The van der Waals surface area contributed by atoms with E-state index in [0.29, 0.717) is 0 Å². The first-order valence-electron chi connectivity index (χ1n) is 7.40. The summed E-state index contributed by atoms with van der Waals surface area (Å²) in [5.41, 5.74) is 1.33. The van der Waals surface area contributed by atoms with Gasteiger partial charge in [-0.05, 0) is 23.6 Å². The number of hydrogen-bond acceptors (Lipinski definition) is 4. The lowest BCUT2D eigenvalue weighted by atomic mass is 9.82. The van der Waals surface area contributed by atoms with E-state index >= 15 is 0 Å². The Morgan fingerprint density at radius 3 is 2.54 bits per heavy atom. The van der Waals surface area contributed by atoms with Gasteiger partial charge in [-0.3, -0.25) is 15.0 Å². The maximum atomic E-state index is 12.0. The zero-order valence-corrected chi connectivity index (χ0v) is 13.6. The standard InChI is InChI=1S/C19H15N3O2/c1-19(2)12-7-5-6-8-14(12)22(4)15(19)9-11-16(13(10-20)21-3)18(24)17(11)23/h5-9,20H,1-2,4H3. The monoisotopic (exact) mass is 317 g/mol. The first-order valence-corrected chi connectivity index (χ1v) is 7.40. The van der Waals surface area contributed by atoms with Gasteiger partial charge in [0, 0.05) is 29.4 Å². The quantitative estimate of drug-likeness (QED) is 0.526. The van der Waals surface area contributed by atoms with Crippen LogP contribution in [0.1, 0.15) is 30.5 Å². The number of rotatable bonds is 2. The minimum absolute atomic E-state index is 0.00217. The van der Waals surface area contributed by atoms with E-state index < -0.39 is 10.9 Å². The van der Waals surface area contributed by atoms with Crippen LogP contribution >= 0.6 is 0 Å². The first kappa shape index (κ1) is 15.7. The molecule has 2 aromatic rings. The molecule has 0 spiro atoms. The third kappa shape index (κ3) is 1.91. The lowest BCUT2D eigenvalue weighted by Gasteiger charge is -2.24. The molecule has 0 unspecified atom stereocenters. The van der Waals surface area contributed by atoms with Gasteiger partial charge >= 0.3 is 0 Å². The molecule has 0 saturated carbocycles. The smallest absolute Gasteiger partial charge is 0.258 e. The van der Waals surface area contributed by atoms with Crippen molar-refractivity contribution < 1.29 is 0 Å². The van der Waals surface area contributed by atoms with Crippen LogP contribution in [-0.4, -0.2) is 12.9 Å². The van der Waals surface area contributed by atoms with E-state index in [1.54, 1.807) is 6.08 Å². The Bertz CT molecular complexity index is 1050. The minimum Gasteiger partial charge on any atom is -0.347 e. The zero-order valence-electron chi connectivity index (χ0n) is 13.6. The Balaban J connectivity index is 2.21. The second-order valence-electron chi connectivity index (χ2n) is 6.26. The number of likely N-dealkylation sites (N-methyl/N-ethyl adjacent to an activating group) is 1. The summed E-state index contributed by atoms with van der Waals surface area (Å²) < 4.78 is 0. The highest BCUT2D eigenvalue weighted by atomic mass is 16.2. The molecular weight excluding hydrogens is 302 g/mol. The number of allylic oxidation sites excluding steroid dienone is 1. The number of fused-ring (bicyclic) bond motifs is 1. The molecule has 118 valence electrons. The molecule has 1 heterocycles. The van der Waals surface area contributed by atoms with Crippen LogP contribution in [0, 0.1) is 12.0 Å². The molecule has 0 atom stereocenters. The molecule has 1 aliphatic rings. The van der Waals surface area contributed by atoms with Gasteiger partial charge < -0.3 is 4.90 Å². The van der Waals surface area contributed by atoms with Crippen LogP contribution in [0.2, 0.25) is 0 Å². The fourth-order valence-electron chi connectivity index (χ4n) is 3.32. The van der Waals surface area contributed by atoms with Gasteiger partial charge in [0.05, 0.1) is 12.1 Å². The van der Waals surface area contributed by atoms with Gasteiger partial charge in [-0.15, -0.1) is 0 Å². The van der Waals surface area contributed by atoms with Crippen molar-refractivity contribution in [2.45, 2.75) is 19.3 Å². The summed E-state index contributed by atoms with van der Waals surface area (Å²) in [4.78, 5) is 29.0. The lowest BCUT2D eigenvalue weighted by molar-refractivity contribution is 0.645. The largest absolute Gasteiger partial charge is 0.347 e. The Hall–Kier alpha value is -3.22. The summed E-state index contributed by atoms with van der Waals surface area (Å²) in [6.07, 6.45) is 1.67. The lowest BCUT2D eigenvalue weighted by Crippen LogP contribution is -2.38. The second-order valence-corrected chi connectivity index (χ2v) is 6.26. The first-order chi connectivity index (χ1) is 11.3. The van der Waals surface area contributed by atoms with E-state index in [1.807, 2.05) is 42.1 Å². The van der Waals surface area contributed by atoms with Gasteiger partial charge in [-0.1, -0.05) is 32.0 Å². The maximum absolute atomic E-state index is 12.0. The summed E-state index contributed by atoms with van der Waals surface area (Å²) in [6.45, 7) is 11.2. The number of nitrogens with zero attached hydrogens (tertiary/aromatic N) is 2. The van der Waals surface area contributed by atoms with E-state index in [-0.39, 0.29) is 22.2 Å². The van der Waals surface area contributed by atoms with E-state index in [0.717, 1.165) is 16.9 Å². The van der Waals surface area contributed by atoms with Crippen LogP contribution in [-0.2, 0) is 5.41 Å². The van der Waals surface area contributed by atoms with Crippen molar-refractivity contribution in [2.24, 2.45) is 0 Å². The van der Waals surface area contributed by atoms with Crippen molar-refractivity contribution >= 4 is 23.3 Å². The van der Waals surface area contributed by atoms with Gasteiger partial charge in [0.25, 0.3) is 5.70 Å². The molecule has 0 saturated heterocycles. The third-order valence-electron chi connectivity index (χ3n) is 4.64. The molecule has 0 fully saturated rings. The van der Waals surface area contributed by atoms with Crippen molar-refractivity contribution in [3.63, 3.8) is 0 Å². The molecule has 0 aromatic heterocycles. The summed E-state index contributed by atoms with van der Waals surface area (Å²) in [5.74, 6) is 1.95. The molecule has 24 heavy (non-hydrogen) atoms. The van der Waals surface area contributed by atoms with Crippen molar-refractivity contribution in [3.8, 4) is 0 Å². The van der Waals surface area contributed by atoms with Gasteiger partial charge in [0.1, 0.15) is 0 Å². The van der Waals surface area contributed by atoms with Crippen LogP contribution in [0.4, 0.5) is 5.69 Å². The molecule has 0 aliphatic carbocycles. The summed E-state index contributed by atoms with van der Waals surface area (Å²) >= 11 is 0. The molecule has 0 bridgehead atoms. The Morgan fingerprint density at radius 1 is 1.29 bits per heavy atom. The highest BCUT2D eigenvalue weighted by molar-refractivity contribution is 5.96. The fraction of sp³-hybridized carbons (Fsp3) is 0.211. The molecular formula is C19H15N3O2. The van der Waals surface area contributed by atoms with Crippen LogP contribution in [0.25, 0.3) is 16.6 Å². The fourth-order valence-corrected chi connectivity index (χ4v) is 3.32.